The molecule has 0 aliphatic heterocycles. The maximum atomic E-state index is 5.84. The minimum Gasteiger partial charge on any atom is -0.398 e. The maximum Gasteiger partial charge on any atom is 0.0503 e. The minimum atomic E-state index is 0.610. The van der Waals surface area contributed by atoms with Crippen LogP contribution in [-0.2, 0) is 0 Å². The molecule has 0 aromatic carbocycles. The van der Waals surface area contributed by atoms with E-state index >= 15 is 0 Å². The molecule has 0 amide bonds. The molecule has 1 aliphatic rings. The van der Waals surface area contributed by atoms with Gasteiger partial charge in [0, 0.05) is 16.5 Å². The van der Waals surface area contributed by atoms with Crippen LogP contribution in [0.2, 0.25) is 0 Å². The first-order valence-electron chi connectivity index (χ1n) is 4.16. The second-order valence-corrected chi connectivity index (χ2v) is 4.58. The average molecular weight is 229 g/mol. The van der Waals surface area contributed by atoms with Crippen molar-refractivity contribution in [1.82, 2.24) is 4.90 Å². The zero-order valence-corrected chi connectivity index (χ0v) is 9.82. The molecule has 1 rings (SSSR count). The molecule has 0 bridgehead atoms. The van der Waals surface area contributed by atoms with Gasteiger partial charge in [-0.3, -0.25) is 4.90 Å². The summed E-state index contributed by atoms with van der Waals surface area (Å²) in [5.74, 6) is 0.889. The van der Waals surface area contributed by atoms with Crippen molar-refractivity contribution >= 4 is 23.4 Å². The highest BCUT2D eigenvalue weighted by atomic mass is 35.5. The van der Waals surface area contributed by atoms with Gasteiger partial charge in [-0.05, 0) is 32.3 Å². The topological polar surface area (TPSA) is 29.3 Å². The Bertz CT molecular complexity index is 336. The highest BCUT2D eigenvalue weighted by Gasteiger charge is 2.02. The number of nitrogens with zero attached hydrogens (tertiary/aromatic N) is 1. The van der Waals surface area contributed by atoms with Crippen LogP contribution in [-0.4, -0.2) is 24.9 Å². The second-order valence-electron chi connectivity index (χ2n) is 3.16. The lowest BCUT2D eigenvalue weighted by atomic mass is 10.4. The van der Waals surface area contributed by atoms with Crippen LogP contribution in [0.3, 0.4) is 0 Å². The van der Waals surface area contributed by atoms with Crippen molar-refractivity contribution in [2.24, 2.45) is 5.73 Å². The molecule has 0 spiro atoms. The first kappa shape index (κ1) is 11.5. The van der Waals surface area contributed by atoms with Gasteiger partial charge in [-0.2, -0.15) is 0 Å². The van der Waals surface area contributed by atoms with E-state index in [9.17, 15) is 0 Å². The lowest BCUT2D eigenvalue weighted by Gasteiger charge is -2.09. The number of allylic oxidation sites excluding steroid dienone is 3. The van der Waals surface area contributed by atoms with Gasteiger partial charge < -0.3 is 5.73 Å². The highest BCUT2D eigenvalue weighted by Crippen LogP contribution is 2.23. The summed E-state index contributed by atoms with van der Waals surface area (Å²) >= 11 is 7.50. The normalized spacial score (nSPS) is 16.1. The molecule has 0 unspecified atom stereocenters. The SMILES string of the molecule is CN(C)CSC1=C(N)C=C(Cl)C=C=C1. The molecule has 0 aromatic heterocycles. The molecule has 2 nitrogen and oxygen atoms in total. The molecule has 0 radical (unpaired) electrons. The highest BCUT2D eigenvalue weighted by molar-refractivity contribution is 8.03. The van der Waals surface area contributed by atoms with Gasteiger partial charge in [0.1, 0.15) is 0 Å². The van der Waals surface area contributed by atoms with Crippen LogP contribution in [0.5, 0.6) is 0 Å². The average Bonchev–Trinajstić information content (AvgIpc) is 2.23. The number of thioether (sulfide) groups is 1. The van der Waals surface area contributed by atoms with E-state index in [1.54, 1.807) is 23.9 Å². The molecule has 0 saturated carbocycles. The summed E-state index contributed by atoms with van der Waals surface area (Å²) < 4.78 is 0. The van der Waals surface area contributed by atoms with E-state index in [2.05, 4.69) is 10.6 Å². The Hall–Kier alpha value is -0.600. The monoisotopic (exact) mass is 228 g/mol. The summed E-state index contributed by atoms with van der Waals surface area (Å²) in [5.41, 5.74) is 9.51. The van der Waals surface area contributed by atoms with Gasteiger partial charge in [0.05, 0.1) is 5.03 Å². The van der Waals surface area contributed by atoms with Gasteiger partial charge in [0.2, 0.25) is 0 Å². The summed E-state index contributed by atoms with van der Waals surface area (Å²) in [6, 6.07) is 0. The van der Waals surface area contributed by atoms with E-state index in [1.807, 2.05) is 20.2 Å². The predicted molar refractivity (Wildman–Crippen MR) is 63.9 cm³/mol. The third kappa shape index (κ3) is 3.64. The molecule has 1 aliphatic carbocycles. The molecule has 0 saturated heterocycles. The number of halogens is 1. The Morgan fingerprint density at radius 2 is 2.21 bits per heavy atom. The molecule has 2 N–H and O–H groups in total. The van der Waals surface area contributed by atoms with Gasteiger partial charge >= 0.3 is 0 Å². The molecular weight excluding hydrogens is 216 g/mol. The second kappa shape index (κ2) is 5.32. The quantitative estimate of drug-likeness (QED) is 0.594. The zero-order chi connectivity index (χ0) is 10.6. The van der Waals surface area contributed by atoms with Crippen molar-refractivity contribution in [3.05, 3.63) is 39.6 Å². The van der Waals surface area contributed by atoms with Crippen LogP contribution in [0.25, 0.3) is 0 Å². The largest absolute Gasteiger partial charge is 0.398 e. The maximum absolute atomic E-state index is 5.84. The summed E-state index contributed by atoms with van der Waals surface area (Å²) in [5, 5.41) is 0.610. The predicted octanol–water partition coefficient (Wildman–Crippen LogP) is 2.26. The zero-order valence-electron chi connectivity index (χ0n) is 8.25. The number of hydrogen-bond donors (Lipinski definition) is 1. The molecule has 76 valence electrons. The van der Waals surface area contributed by atoms with E-state index in [1.165, 1.54) is 0 Å². The Morgan fingerprint density at radius 3 is 2.86 bits per heavy atom. The van der Waals surface area contributed by atoms with Gasteiger partial charge in [-0.1, -0.05) is 11.6 Å². The third-order valence-electron chi connectivity index (χ3n) is 1.49. The molecule has 0 heterocycles. The fraction of sp³-hybridized carbons (Fsp3) is 0.300. The summed E-state index contributed by atoms with van der Waals surface area (Å²) in [6.07, 6.45) is 5.31. The smallest absolute Gasteiger partial charge is 0.0503 e. The van der Waals surface area contributed by atoms with Crippen LogP contribution < -0.4 is 5.73 Å². The lowest BCUT2D eigenvalue weighted by molar-refractivity contribution is 0.486. The Balaban J connectivity index is 2.76. The van der Waals surface area contributed by atoms with E-state index in [0.717, 1.165) is 10.8 Å². The van der Waals surface area contributed by atoms with E-state index in [-0.39, 0.29) is 0 Å². The molecule has 4 heteroatoms. The van der Waals surface area contributed by atoms with Crippen molar-refractivity contribution in [2.75, 3.05) is 20.0 Å². The fourth-order valence-electron chi connectivity index (χ4n) is 0.865. The van der Waals surface area contributed by atoms with Gasteiger partial charge in [-0.25, -0.2) is 0 Å². The van der Waals surface area contributed by atoms with E-state index in [4.69, 9.17) is 17.3 Å². The van der Waals surface area contributed by atoms with Gasteiger partial charge in [0.25, 0.3) is 0 Å². The lowest BCUT2D eigenvalue weighted by Crippen LogP contribution is -2.10. The molecular formula is C10H13ClN2S. The van der Waals surface area contributed by atoms with E-state index < -0.39 is 0 Å². The Kier molecular flexibility index (Phi) is 4.36. The van der Waals surface area contributed by atoms with Gasteiger partial charge in [0.15, 0.2) is 0 Å². The van der Waals surface area contributed by atoms with Crippen molar-refractivity contribution in [3.63, 3.8) is 0 Å². The summed E-state index contributed by atoms with van der Waals surface area (Å²) in [6.45, 7) is 0. The van der Waals surface area contributed by atoms with Crippen molar-refractivity contribution in [1.29, 1.82) is 0 Å². The fourth-order valence-corrected chi connectivity index (χ4v) is 1.82. The summed E-state index contributed by atoms with van der Waals surface area (Å²) in [7, 11) is 4.03. The number of nitrogens with two attached hydrogens (primary N) is 1. The van der Waals surface area contributed by atoms with Crippen LogP contribution >= 0.6 is 23.4 Å². The van der Waals surface area contributed by atoms with Crippen LogP contribution in [0.4, 0.5) is 0 Å². The molecule has 14 heavy (non-hydrogen) atoms. The van der Waals surface area contributed by atoms with E-state index in [0.29, 0.717) is 10.7 Å². The first-order valence-corrected chi connectivity index (χ1v) is 5.53. The Morgan fingerprint density at radius 1 is 1.50 bits per heavy atom. The number of hydrogen-bond acceptors (Lipinski definition) is 3. The molecule has 0 atom stereocenters. The van der Waals surface area contributed by atoms with Crippen LogP contribution in [0, 0.1) is 0 Å². The van der Waals surface area contributed by atoms with Crippen LogP contribution in [0.1, 0.15) is 0 Å². The third-order valence-corrected chi connectivity index (χ3v) is 3.02. The molecule has 0 fully saturated rings. The standard InChI is InChI=1S/C10H13ClN2S/c1-13(2)7-14-10-5-3-4-8(11)6-9(10)12/h4-6H,7,12H2,1-2H3. The summed E-state index contributed by atoms with van der Waals surface area (Å²) in [4.78, 5) is 3.09. The van der Waals surface area contributed by atoms with Crippen molar-refractivity contribution in [2.45, 2.75) is 0 Å². The van der Waals surface area contributed by atoms with Crippen molar-refractivity contribution < 1.29 is 0 Å². The minimum absolute atomic E-state index is 0.610. The van der Waals surface area contributed by atoms with Crippen LogP contribution in [0.15, 0.2) is 39.6 Å². The Labute approximate surface area is 93.8 Å². The van der Waals surface area contributed by atoms with Gasteiger partial charge in [-0.15, -0.1) is 17.5 Å². The molecule has 0 aromatic rings. The number of rotatable bonds is 3. The van der Waals surface area contributed by atoms with Crippen molar-refractivity contribution in [3.8, 4) is 0 Å². The first-order chi connectivity index (χ1) is 6.59.